The van der Waals surface area contributed by atoms with Crippen molar-refractivity contribution in [2.75, 3.05) is 36.4 Å². The number of carbonyl (C=O) groups excluding carboxylic acids is 3. The quantitative estimate of drug-likeness (QED) is 0.376. The molecule has 198 valence electrons. The molecule has 0 spiro atoms. The van der Waals surface area contributed by atoms with Crippen LogP contribution in [0.1, 0.15) is 42.1 Å². The van der Waals surface area contributed by atoms with Crippen LogP contribution in [-0.2, 0) is 9.59 Å². The summed E-state index contributed by atoms with van der Waals surface area (Å²) in [5, 5.41) is 17.3. The number of hydrogen-bond acceptors (Lipinski definition) is 6. The van der Waals surface area contributed by atoms with Crippen LogP contribution in [0.25, 0.3) is 11.3 Å². The highest BCUT2D eigenvalue weighted by atomic mass is 16.2. The van der Waals surface area contributed by atoms with Gasteiger partial charge in [-0.05, 0) is 61.7 Å². The highest BCUT2D eigenvalue weighted by Gasteiger charge is 2.25. The summed E-state index contributed by atoms with van der Waals surface area (Å²) in [6.45, 7) is 6.01. The summed E-state index contributed by atoms with van der Waals surface area (Å²) >= 11 is 0. The molecule has 1 saturated heterocycles. The van der Waals surface area contributed by atoms with Gasteiger partial charge in [0.2, 0.25) is 11.8 Å². The predicted octanol–water partition coefficient (Wildman–Crippen LogP) is 3.56. The highest BCUT2D eigenvalue weighted by Crippen LogP contribution is 2.25. The van der Waals surface area contributed by atoms with Crippen molar-refractivity contribution in [3.63, 3.8) is 0 Å². The number of piperidine rings is 1. The van der Waals surface area contributed by atoms with E-state index in [1.165, 1.54) is 0 Å². The van der Waals surface area contributed by atoms with Crippen LogP contribution in [0, 0.1) is 12.8 Å². The van der Waals surface area contributed by atoms with Crippen LogP contribution in [0.4, 0.5) is 11.5 Å². The van der Waals surface area contributed by atoms with E-state index in [0.29, 0.717) is 30.8 Å². The molecule has 0 radical (unpaired) electrons. The van der Waals surface area contributed by atoms with Crippen LogP contribution in [0.5, 0.6) is 0 Å². The Kier molecular flexibility index (Phi) is 9.02. The Morgan fingerprint density at radius 3 is 2.26 bits per heavy atom. The van der Waals surface area contributed by atoms with Gasteiger partial charge in [0.05, 0.1) is 5.69 Å². The topological polar surface area (TPSA) is 116 Å². The SMILES string of the molecule is CCC(=O)Nc1ccc(C(=O)NCCNC(=O)C2CCN(c3ccc(-c4ccccc4C)nn3)CC2)cc1. The van der Waals surface area contributed by atoms with Crippen LogP contribution in [-0.4, -0.2) is 54.1 Å². The summed E-state index contributed by atoms with van der Waals surface area (Å²) in [6.07, 6.45) is 1.87. The number of hydrogen-bond donors (Lipinski definition) is 3. The number of aromatic nitrogens is 2. The molecule has 1 fully saturated rings. The number of rotatable bonds is 9. The maximum Gasteiger partial charge on any atom is 0.251 e. The lowest BCUT2D eigenvalue weighted by Gasteiger charge is -2.31. The number of nitrogens with zero attached hydrogens (tertiary/aromatic N) is 3. The van der Waals surface area contributed by atoms with E-state index in [9.17, 15) is 14.4 Å². The largest absolute Gasteiger partial charge is 0.355 e. The maximum atomic E-state index is 12.6. The molecule has 4 rings (SSSR count). The van der Waals surface area contributed by atoms with E-state index < -0.39 is 0 Å². The molecule has 1 aromatic heterocycles. The molecule has 9 nitrogen and oxygen atoms in total. The molecule has 3 aromatic rings. The fraction of sp³-hybridized carbons (Fsp3) is 0.345. The standard InChI is InChI=1S/C29H34N6O3/c1-3-27(36)32-23-10-8-21(9-11-23)28(37)30-16-17-31-29(38)22-14-18-35(19-15-22)26-13-12-25(33-34-26)24-7-5-4-6-20(24)2/h4-13,22H,3,14-19H2,1-2H3,(H,30,37)(H,31,38)(H,32,36). The lowest BCUT2D eigenvalue weighted by atomic mass is 9.96. The smallest absolute Gasteiger partial charge is 0.251 e. The molecule has 2 heterocycles. The second-order valence-corrected chi connectivity index (χ2v) is 9.38. The molecule has 38 heavy (non-hydrogen) atoms. The zero-order chi connectivity index (χ0) is 26.9. The molecule has 3 N–H and O–H groups in total. The first-order chi connectivity index (χ1) is 18.4. The van der Waals surface area contributed by atoms with Gasteiger partial charge in [0.1, 0.15) is 0 Å². The predicted molar refractivity (Wildman–Crippen MR) is 148 cm³/mol. The minimum atomic E-state index is -0.226. The molecule has 3 amide bonds. The summed E-state index contributed by atoms with van der Waals surface area (Å²) < 4.78 is 0. The van der Waals surface area contributed by atoms with Crippen molar-refractivity contribution in [3.05, 3.63) is 71.8 Å². The van der Waals surface area contributed by atoms with Crippen LogP contribution in [0.3, 0.4) is 0 Å². The van der Waals surface area contributed by atoms with Crippen LogP contribution in [0.15, 0.2) is 60.7 Å². The number of amides is 3. The van der Waals surface area contributed by atoms with Gasteiger partial charge in [0, 0.05) is 55.3 Å². The molecular formula is C29H34N6O3. The van der Waals surface area contributed by atoms with Gasteiger partial charge in [-0.15, -0.1) is 10.2 Å². The maximum absolute atomic E-state index is 12.6. The van der Waals surface area contributed by atoms with E-state index in [0.717, 1.165) is 48.6 Å². The third-order valence-corrected chi connectivity index (χ3v) is 6.72. The Balaban J connectivity index is 1.17. The number of anilines is 2. The van der Waals surface area contributed by atoms with Crippen LogP contribution < -0.4 is 20.9 Å². The van der Waals surface area contributed by atoms with E-state index in [1.807, 2.05) is 30.3 Å². The summed E-state index contributed by atoms with van der Waals surface area (Å²) in [6, 6.07) is 18.8. The van der Waals surface area contributed by atoms with Crippen molar-refractivity contribution < 1.29 is 14.4 Å². The van der Waals surface area contributed by atoms with Crippen molar-refractivity contribution >= 4 is 29.2 Å². The Morgan fingerprint density at radius 1 is 0.895 bits per heavy atom. The molecular weight excluding hydrogens is 480 g/mol. The van der Waals surface area contributed by atoms with Crippen LogP contribution >= 0.6 is 0 Å². The number of aryl methyl sites for hydroxylation is 1. The summed E-state index contributed by atoms with van der Waals surface area (Å²) in [7, 11) is 0. The van der Waals surface area contributed by atoms with Gasteiger partial charge in [-0.3, -0.25) is 14.4 Å². The minimum absolute atomic E-state index is 0.0101. The molecule has 1 aliphatic heterocycles. The van der Waals surface area contributed by atoms with Gasteiger partial charge in [-0.2, -0.15) is 0 Å². The Bertz CT molecular complexity index is 1250. The zero-order valence-corrected chi connectivity index (χ0v) is 21.9. The lowest BCUT2D eigenvalue weighted by Crippen LogP contribution is -2.42. The number of carbonyl (C=O) groups is 3. The molecule has 0 bridgehead atoms. The van der Waals surface area contributed by atoms with Gasteiger partial charge in [0.25, 0.3) is 5.91 Å². The van der Waals surface area contributed by atoms with Crippen molar-refractivity contribution in [1.82, 2.24) is 20.8 Å². The van der Waals surface area contributed by atoms with Gasteiger partial charge < -0.3 is 20.9 Å². The molecule has 0 unspecified atom stereocenters. The fourth-order valence-electron chi connectivity index (χ4n) is 4.43. The van der Waals surface area contributed by atoms with Gasteiger partial charge in [-0.25, -0.2) is 0 Å². The average molecular weight is 515 g/mol. The van der Waals surface area contributed by atoms with Gasteiger partial charge >= 0.3 is 0 Å². The third kappa shape index (κ3) is 6.94. The molecule has 0 saturated carbocycles. The zero-order valence-electron chi connectivity index (χ0n) is 21.9. The van der Waals surface area contributed by atoms with E-state index in [-0.39, 0.29) is 23.6 Å². The van der Waals surface area contributed by atoms with Gasteiger partial charge in [0.15, 0.2) is 5.82 Å². The third-order valence-electron chi connectivity index (χ3n) is 6.72. The van der Waals surface area contributed by atoms with E-state index in [4.69, 9.17) is 0 Å². The molecule has 9 heteroatoms. The average Bonchev–Trinajstić information content (AvgIpc) is 2.96. The van der Waals surface area contributed by atoms with E-state index >= 15 is 0 Å². The van der Waals surface area contributed by atoms with Crippen molar-refractivity contribution in [2.24, 2.45) is 5.92 Å². The van der Waals surface area contributed by atoms with Crippen molar-refractivity contribution in [1.29, 1.82) is 0 Å². The highest BCUT2D eigenvalue weighted by molar-refractivity contribution is 5.95. The van der Waals surface area contributed by atoms with E-state index in [1.54, 1.807) is 31.2 Å². The van der Waals surface area contributed by atoms with Crippen molar-refractivity contribution in [2.45, 2.75) is 33.1 Å². The second-order valence-electron chi connectivity index (χ2n) is 9.38. The first kappa shape index (κ1) is 26.8. The van der Waals surface area contributed by atoms with Gasteiger partial charge in [-0.1, -0.05) is 31.2 Å². The first-order valence-electron chi connectivity index (χ1n) is 13.0. The number of benzene rings is 2. The summed E-state index contributed by atoms with van der Waals surface area (Å²) in [4.78, 5) is 38.6. The fourth-order valence-corrected chi connectivity index (χ4v) is 4.43. The lowest BCUT2D eigenvalue weighted by molar-refractivity contribution is -0.125. The molecule has 0 atom stereocenters. The molecule has 2 aromatic carbocycles. The minimum Gasteiger partial charge on any atom is -0.355 e. The monoisotopic (exact) mass is 514 g/mol. The summed E-state index contributed by atoms with van der Waals surface area (Å²) in [5.74, 6) is 0.466. The summed E-state index contributed by atoms with van der Waals surface area (Å²) in [5.41, 5.74) is 4.24. The molecule has 1 aliphatic rings. The Hall–Kier alpha value is -4.27. The van der Waals surface area contributed by atoms with Crippen molar-refractivity contribution in [3.8, 4) is 11.3 Å². The normalized spacial score (nSPS) is 13.6. The van der Waals surface area contributed by atoms with Crippen LogP contribution in [0.2, 0.25) is 0 Å². The second kappa shape index (κ2) is 12.8. The Labute approximate surface area is 223 Å². The Morgan fingerprint density at radius 2 is 1.61 bits per heavy atom. The number of nitrogens with one attached hydrogen (secondary N) is 3. The van der Waals surface area contributed by atoms with E-state index in [2.05, 4.69) is 44.0 Å². The molecule has 0 aliphatic carbocycles. The first-order valence-corrected chi connectivity index (χ1v) is 13.0.